The van der Waals surface area contributed by atoms with Crippen molar-refractivity contribution in [3.05, 3.63) is 29.6 Å². The maximum absolute atomic E-state index is 12.9. The van der Waals surface area contributed by atoms with Crippen LogP contribution in [0.25, 0.3) is 0 Å². The SMILES string of the molecule is Cc1cccc(CN2CC[C@@H](F)C2)n1. The van der Waals surface area contributed by atoms with E-state index in [9.17, 15) is 4.39 Å². The molecule has 1 aliphatic heterocycles. The van der Waals surface area contributed by atoms with Crippen LogP contribution in [0.15, 0.2) is 18.2 Å². The topological polar surface area (TPSA) is 16.1 Å². The predicted molar refractivity (Wildman–Crippen MR) is 53.8 cm³/mol. The van der Waals surface area contributed by atoms with Crippen LogP contribution in [0.5, 0.6) is 0 Å². The first-order valence-corrected chi connectivity index (χ1v) is 5.03. The summed E-state index contributed by atoms with van der Waals surface area (Å²) in [6, 6.07) is 5.98. The van der Waals surface area contributed by atoms with Crippen molar-refractivity contribution < 1.29 is 4.39 Å². The molecule has 1 atom stereocenters. The summed E-state index contributed by atoms with van der Waals surface area (Å²) in [5, 5.41) is 0. The summed E-state index contributed by atoms with van der Waals surface area (Å²) < 4.78 is 12.9. The summed E-state index contributed by atoms with van der Waals surface area (Å²) in [6.45, 7) is 4.18. The van der Waals surface area contributed by atoms with Crippen LogP contribution in [-0.2, 0) is 6.54 Å². The molecule has 0 amide bonds. The standard InChI is InChI=1S/C11H15FN2/c1-9-3-2-4-11(13-9)8-14-6-5-10(12)7-14/h2-4,10H,5-8H2,1H3/t10-/m1/s1. The molecule has 0 unspecified atom stereocenters. The first-order valence-electron chi connectivity index (χ1n) is 5.03. The second kappa shape index (κ2) is 4.05. The van der Waals surface area contributed by atoms with E-state index in [1.807, 2.05) is 25.1 Å². The number of halogens is 1. The smallest absolute Gasteiger partial charge is 0.114 e. The van der Waals surface area contributed by atoms with Gasteiger partial charge in [0.15, 0.2) is 0 Å². The Morgan fingerprint density at radius 2 is 2.43 bits per heavy atom. The molecule has 3 heteroatoms. The lowest BCUT2D eigenvalue weighted by atomic mass is 10.3. The zero-order chi connectivity index (χ0) is 9.97. The predicted octanol–water partition coefficient (Wildman–Crippen LogP) is 1.93. The Kier molecular flexibility index (Phi) is 2.77. The molecule has 1 fully saturated rings. The van der Waals surface area contributed by atoms with Gasteiger partial charge >= 0.3 is 0 Å². The lowest BCUT2D eigenvalue weighted by molar-refractivity contribution is 0.280. The van der Waals surface area contributed by atoms with Crippen molar-refractivity contribution in [1.29, 1.82) is 0 Å². The van der Waals surface area contributed by atoms with Gasteiger partial charge in [-0.25, -0.2) is 4.39 Å². The fourth-order valence-corrected chi connectivity index (χ4v) is 1.85. The Hall–Kier alpha value is -0.960. The molecule has 0 spiro atoms. The highest BCUT2D eigenvalue weighted by molar-refractivity contribution is 5.09. The van der Waals surface area contributed by atoms with Gasteiger partial charge in [-0.2, -0.15) is 0 Å². The molecule has 14 heavy (non-hydrogen) atoms. The Bertz CT molecular complexity index is 314. The third kappa shape index (κ3) is 2.29. The van der Waals surface area contributed by atoms with Crippen LogP contribution in [0.1, 0.15) is 17.8 Å². The maximum Gasteiger partial charge on any atom is 0.114 e. The van der Waals surface area contributed by atoms with Crippen molar-refractivity contribution >= 4 is 0 Å². The van der Waals surface area contributed by atoms with Crippen LogP contribution < -0.4 is 0 Å². The van der Waals surface area contributed by atoms with Gasteiger partial charge in [0, 0.05) is 25.3 Å². The van der Waals surface area contributed by atoms with E-state index in [1.165, 1.54) is 0 Å². The van der Waals surface area contributed by atoms with Gasteiger partial charge in [0.1, 0.15) is 6.17 Å². The molecular weight excluding hydrogens is 179 g/mol. The van der Waals surface area contributed by atoms with E-state index in [2.05, 4.69) is 9.88 Å². The average Bonchev–Trinajstić information content (AvgIpc) is 2.51. The first kappa shape index (κ1) is 9.59. The van der Waals surface area contributed by atoms with E-state index in [0.717, 1.165) is 24.5 Å². The van der Waals surface area contributed by atoms with Gasteiger partial charge in [0.25, 0.3) is 0 Å². The van der Waals surface area contributed by atoms with Crippen molar-refractivity contribution in [3.63, 3.8) is 0 Å². The van der Waals surface area contributed by atoms with E-state index in [-0.39, 0.29) is 0 Å². The van der Waals surface area contributed by atoms with E-state index in [0.29, 0.717) is 13.0 Å². The summed E-state index contributed by atoms with van der Waals surface area (Å²) in [5.74, 6) is 0. The Morgan fingerprint density at radius 1 is 1.57 bits per heavy atom. The molecule has 1 aromatic heterocycles. The molecule has 2 heterocycles. The largest absolute Gasteiger partial charge is 0.295 e. The van der Waals surface area contributed by atoms with Crippen LogP contribution in [-0.4, -0.2) is 29.1 Å². The minimum absolute atomic E-state index is 0.565. The minimum atomic E-state index is -0.639. The molecule has 0 N–H and O–H groups in total. The summed E-state index contributed by atoms with van der Waals surface area (Å²) >= 11 is 0. The number of hydrogen-bond acceptors (Lipinski definition) is 2. The number of pyridine rings is 1. The summed E-state index contributed by atoms with van der Waals surface area (Å²) in [4.78, 5) is 6.52. The normalized spacial score (nSPS) is 22.9. The zero-order valence-electron chi connectivity index (χ0n) is 8.41. The molecule has 0 aliphatic carbocycles. The molecule has 1 aliphatic rings. The quantitative estimate of drug-likeness (QED) is 0.715. The third-order valence-electron chi connectivity index (χ3n) is 2.55. The molecule has 0 aromatic carbocycles. The number of rotatable bonds is 2. The molecule has 1 saturated heterocycles. The first-order chi connectivity index (χ1) is 6.74. The number of alkyl halides is 1. The molecule has 1 aromatic rings. The van der Waals surface area contributed by atoms with Gasteiger partial charge in [-0.15, -0.1) is 0 Å². The number of aromatic nitrogens is 1. The summed E-state index contributed by atoms with van der Waals surface area (Å²) in [7, 11) is 0. The van der Waals surface area contributed by atoms with Gasteiger partial charge in [0.05, 0.1) is 5.69 Å². The van der Waals surface area contributed by atoms with Crippen LogP contribution in [0.2, 0.25) is 0 Å². The average molecular weight is 194 g/mol. The van der Waals surface area contributed by atoms with Gasteiger partial charge < -0.3 is 0 Å². The summed E-state index contributed by atoms with van der Waals surface area (Å²) in [6.07, 6.45) is 0.0334. The highest BCUT2D eigenvalue weighted by Gasteiger charge is 2.21. The second-order valence-corrected chi connectivity index (χ2v) is 3.89. The van der Waals surface area contributed by atoms with Crippen molar-refractivity contribution in [2.45, 2.75) is 26.1 Å². The fraction of sp³-hybridized carbons (Fsp3) is 0.545. The van der Waals surface area contributed by atoms with Gasteiger partial charge in [-0.05, 0) is 25.5 Å². The van der Waals surface area contributed by atoms with Crippen molar-refractivity contribution in [2.75, 3.05) is 13.1 Å². The van der Waals surface area contributed by atoms with Crippen molar-refractivity contribution in [1.82, 2.24) is 9.88 Å². The molecule has 2 nitrogen and oxygen atoms in total. The van der Waals surface area contributed by atoms with Crippen LogP contribution in [0.3, 0.4) is 0 Å². The fourth-order valence-electron chi connectivity index (χ4n) is 1.85. The lowest BCUT2D eigenvalue weighted by Crippen LogP contribution is -2.21. The number of aryl methyl sites for hydroxylation is 1. The molecule has 0 radical (unpaired) electrons. The van der Waals surface area contributed by atoms with Gasteiger partial charge in [0.2, 0.25) is 0 Å². The zero-order valence-corrected chi connectivity index (χ0v) is 8.41. The Morgan fingerprint density at radius 3 is 3.07 bits per heavy atom. The van der Waals surface area contributed by atoms with Crippen LogP contribution >= 0.6 is 0 Å². The Balaban J connectivity index is 1.97. The maximum atomic E-state index is 12.9. The highest BCUT2D eigenvalue weighted by Crippen LogP contribution is 2.14. The monoisotopic (exact) mass is 194 g/mol. The molecule has 2 rings (SSSR count). The van der Waals surface area contributed by atoms with E-state index >= 15 is 0 Å². The van der Waals surface area contributed by atoms with E-state index in [1.54, 1.807) is 0 Å². The lowest BCUT2D eigenvalue weighted by Gasteiger charge is -2.13. The third-order valence-corrected chi connectivity index (χ3v) is 2.55. The van der Waals surface area contributed by atoms with Gasteiger partial charge in [-0.1, -0.05) is 6.07 Å². The Labute approximate surface area is 83.8 Å². The van der Waals surface area contributed by atoms with Crippen molar-refractivity contribution in [2.24, 2.45) is 0 Å². The highest BCUT2D eigenvalue weighted by atomic mass is 19.1. The second-order valence-electron chi connectivity index (χ2n) is 3.89. The van der Waals surface area contributed by atoms with Crippen molar-refractivity contribution in [3.8, 4) is 0 Å². The number of hydrogen-bond donors (Lipinski definition) is 0. The minimum Gasteiger partial charge on any atom is -0.295 e. The number of likely N-dealkylation sites (tertiary alicyclic amines) is 1. The van der Waals surface area contributed by atoms with E-state index in [4.69, 9.17) is 0 Å². The molecular formula is C11H15FN2. The summed E-state index contributed by atoms with van der Waals surface area (Å²) in [5.41, 5.74) is 2.07. The molecule has 0 saturated carbocycles. The molecule has 0 bridgehead atoms. The van der Waals surface area contributed by atoms with Gasteiger partial charge in [-0.3, -0.25) is 9.88 Å². The van der Waals surface area contributed by atoms with Crippen LogP contribution in [0, 0.1) is 6.92 Å². The van der Waals surface area contributed by atoms with E-state index < -0.39 is 6.17 Å². The number of nitrogens with zero attached hydrogens (tertiary/aromatic N) is 2. The molecule has 76 valence electrons. The van der Waals surface area contributed by atoms with Crippen LogP contribution in [0.4, 0.5) is 4.39 Å².